The molecule has 1 saturated carbocycles. The standard InChI is InChI=1S/C17H20ClN3O2.U/c1-2-23-12-4-6-15(13(19)9-12)21-17(22)16-8-10-7-11(18)3-5-14(10)20-16;/h3,5,7-8,13,15,20H,1-2,4,6,9,19H2,(H,21,22);/q-2;+2/t13-,15+;/m1./s1. The molecule has 2 aromatic rings. The summed E-state index contributed by atoms with van der Waals surface area (Å²) in [7, 11) is 0. The zero-order valence-corrected chi connectivity index (χ0v) is 18.2. The largest absolute Gasteiger partial charge is 2.00 e. The normalized spacial score (nSPS) is 21.5. The second-order valence-electron chi connectivity index (χ2n) is 5.79. The minimum atomic E-state index is -0.153. The summed E-state index contributed by atoms with van der Waals surface area (Å²) in [4.78, 5) is 15.5. The Morgan fingerprint density at radius 2 is 2.29 bits per heavy atom. The van der Waals surface area contributed by atoms with Crippen molar-refractivity contribution in [1.29, 1.82) is 0 Å². The molecule has 1 amide bonds. The van der Waals surface area contributed by atoms with Crippen LogP contribution in [0.2, 0.25) is 5.02 Å². The summed E-state index contributed by atoms with van der Waals surface area (Å²) in [5, 5.41) is 4.57. The second kappa shape index (κ2) is 8.73. The van der Waals surface area contributed by atoms with Crippen LogP contribution >= 0.6 is 11.6 Å². The molecule has 4 N–H and O–H groups in total. The van der Waals surface area contributed by atoms with E-state index in [0.29, 0.717) is 23.7 Å². The van der Waals surface area contributed by atoms with Crippen molar-refractivity contribution in [3.05, 3.63) is 48.0 Å². The molecule has 5 nitrogen and oxygen atoms in total. The topological polar surface area (TPSA) is 80.1 Å². The number of ether oxygens (including phenoxy) is 1. The Labute approximate surface area is 170 Å². The summed E-state index contributed by atoms with van der Waals surface area (Å²) in [5.74, 6) is -0.153. The van der Waals surface area contributed by atoms with Gasteiger partial charge in [-0.05, 0) is 30.3 Å². The number of nitrogens with two attached hydrogens (primary N) is 1. The first kappa shape index (κ1) is 19.8. The first-order valence-electron chi connectivity index (χ1n) is 7.68. The molecule has 0 unspecified atom stereocenters. The van der Waals surface area contributed by atoms with Crippen molar-refractivity contribution in [2.75, 3.05) is 6.61 Å². The molecule has 0 aliphatic heterocycles. The van der Waals surface area contributed by atoms with Crippen LogP contribution in [-0.2, 0) is 4.74 Å². The van der Waals surface area contributed by atoms with Gasteiger partial charge in [0.2, 0.25) is 0 Å². The van der Waals surface area contributed by atoms with Crippen molar-refractivity contribution in [2.24, 2.45) is 5.73 Å². The number of halogens is 1. The number of amides is 1. The molecule has 2 atom stereocenters. The maximum absolute atomic E-state index is 12.4. The Hall–Kier alpha value is -0.508. The number of carbonyl (C=O) groups excluding carboxylic acids is 1. The van der Waals surface area contributed by atoms with E-state index in [1.807, 2.05) is 12.1 Å². The summed E-state index contributed by atoms with van der Waals surface area (Å²) < 4.78 is 5.44. The van der Waals surface area contributed by atoms with Gasteiger partial charge in [0.05, 0.1) is 0 Å². The van der Waals surface area contributed by atoms with Crippen molar-refractivity contribution in [3.63, 3.8) is 0 Å². The van der Waals surface area contributed by atoms with Gasteiger partial charge in [-0.2, -0.15) is 12.5 Å². The van der Waals surface area contributed by atoms with E-state index >= 15 is 0 Å². The van der Waals surface area contributed by atoms with E-state index in [9.17, 15) is 4.79 Å². The average molecular weight is 572 g/mol. The van der Waals surface area contributed by atoms with Gasteiger partial charge >= 0.3 is 31.1 Å². The predicted octanol–water partition coefficient (Wildman–Crippen LogP) is 2.81. The Kier molecular flexibility index (Phi) is 7.21. The van der Waals surface area contributed by atoms with Gasteiger partial charge in [-0.25, -0.2) is 0 Å². The van der Waals surface area contributed by atoms with Crippen LogP contribution in [0, 0.1) is 44.1 Å². The number of benzene rings is 1. The van der Waals surface area contributed by atoms with Crippen LogP contribution in [0.5, 0.6) is 0 Å². The van der Waals surface area contributed by atoms with Crippen molar-refractivity contribution >= 4 is 28.4 Å². The Balaban J connectivity index is 0.00000208. The summed E-state index contributed by atoms with van der Waals surface area (Å²) in [6.07, 6.45) is 3.20. The third kappa shape index (κ3) is 4.56. The number of hydrogen-bond donors (Lipinski definition) is 3. The van der Waals surface area contributed by atoms with Crippen LogP contribution in [0.1, 0.15) is 29.8 Å². The van der Waals surface area contributed by atoms with Gasteiger partial charge in [0.1, 0.15) is 5.69 Å². The molecular formula is C17H20ClN3O2U. The van der Waals surface area contributed by atoms with Crippen LogP contribution in [0.25, 0.3) is 10.9 Å². The van der Waals surface area contributed by atoms with Gasteiger partial charge in [-0.15, -0.1) is 13.0 Å². The van der Waals surface area contributed by atoms with Crippen molar-refractivity contribution < 1.29 is 40.6 Å². The van der Waals surface area contributed by atoms with Gasteiger partial charge in [-0.3, -0.25) is 4.79 Å². The molecule has 7 heteroatoms. The van der Waals surface area contributed by atoms with Crippen LogP contribution in [-0.4, -0.2) is 29.6 Å². The predicted molar refractivity (Wildman–Crippen MR) is 90.9 cm³/mol. The monoisotopic (exact) mass is 571 g/mol. The van der Waals surface area contributed by atoms with Crippen LogP contribution in [0.4, 0.5) is 0 Å². The third-order valence-corrected chi connectivity index (χ3v) is 4.40. The van der Waals surface area contributed by atoms with Crippen molar-refractivity contribution in [3.8, 4) is 0 Å². The third-order valence-electron chi connectivity index (χ3n) is 4.16. The number of nitrogens with one attached hydrogen (secondary N) is 2. The summed E-state index contributed by atoms with van der Waals surface area (Å²) >= 11 is 5.97. The van der Waals surface area contributed by atoms with Crippen molar-refractivity contribution in [2.45, 2.75) is 31.3 Å². The average Bonchev–Trinajstić information content (AvgIpc) is 2.93. The summed E-state index contributed by atoms with van der Waals surface area (Å²) in [6, 6.07) is 7.07. The summed E-state index contributed by atoms with van der Waals surface area (Å²) in [6.45, 7) is 4.09. The molecule has 1 aromatic carbocycles. The number of hydrogen-bond acceptors (Lipinski definition) is 3. The summed E-state index contributed by atoms with van der Waals surface area (Å²) in [5.41, 5.74) is 7.55. The Bertz CT molecular complexity index is 706. The number of H-pyrrole nitrogens is 1. The zero-order valence-electron chi connectivity index (χ0n) is 13.3. The van der Waals surface area contributed by atoms with Gasteiger partial charge in [0.15, 0.2) is 0 Å². The molecule has 0 bridgehead atoms. The van der Waals surface area contributed by atoms with E-state index < -0.39 is 0 Å². The van der Waals surface area contributed by atoms with E-state index in [0.717, 1.165) is 29.8 Å². The van der Waals surface area contributed by atoms with Gasteiger partial charge in [-0.1, -0.05) is 18.0 Å². The molecule has 126 valence electrons. The first-order valence-corrected chi connectivity index (χ1v) is 8.06. The minimum Gasteiger partial charge on any atom is -0.575 e. The Morgan fingerprint density at radius 1 is 1.50 bits per heavy atom. The molecule has 1 fully saturated rings. The number of aromatic nitrogens is 1. The van der Waals surface area contributed by atoms with E-state index in [2.05, 4.69) is 17.2 Å². The molecular weight excluding hydrogens is 552 g/mol. The van der Waals surface area contributed by atoms with Crippen LogP contribution in [0.15, 0.2) is 24.3 Å². The molecule has 24 heavy (non-hydrogen) atoms. The molecule has 0 spiro atoms. The first-order chi connectivity index (χ1) is 11.1. The van der Waals surface area contributed by atoms with E-state index in [-0.39, 0.29) is 49.1 Å². The molecule has 3 rings (SSSR count). The van der Waals surface area contributed by atoms with E-state index in [4.69, 9.17) is 22.1 Å². The fourth-order valence-electron chi connectivity index (χ4n) is 2.96. The number of rotatable bonds is 4. The second-order valence-corrected chi connectivity index (χ2v) is 6.22. The molecule has 0 saturated heterocycles. The maximum atomic E-state index is 12.4. The Morgan fingerprint density at radius 3 is 3.00 bits per heavy atom. The van der Waals surface area contributed by atoms with Crippen molar-refractivity contribution in [1.82, 2.24) is 10.3 Å². The number of aromatic amines is 1. The van der Waals surface area contributed by atoms with Gasteiger partial charge in [0, 0.05) is 22.0 Å². The van der Waals surface area contributed by atoms with Gasteiger partial charge < -0.3 is 27.7 Å². The van der Waals surface area contributed by atoms with E-state index in [1.165, 1.54) is 0 Å². The van der Waals surface area contributed by atoms with Gasteiger partial charge in [0.25, 0.3) is 5.91 Å². The fraction of sp³-hybridized carbons (Fsp3) is 0.353. The number of carbonyl (C=O) groups is 1. The minimum absolute atomic E-state index is 0. The fourth-order valence-corrected chi connectivity index (χ4v) is 3.14. The number of fused-ring (bicyclic) bond motifs is 1. The van der Waals surface area contributed by atoms with E-state index in [1.54, 1.807) is 12.1 Å². The molecule has 1 aliphatic carbocycles. The van der Waals surface area contributed by atoms with Crippen LogP contribution in [0.3, 0.4) is 0 Å². The quantitative estimate of drug-likeness (QED) is 0.494. The van der Waals surface area contributed by atoms with Crippen LogP contribution < -0.4 is 11.1 Å². The molecule has 1 aliphatic rings. The molecule has 1 aromatic heterocycles. The zero-order chi connectivity index (χ0) is 16.4. The maximum Gasteiger partial charge on any atom is 2.00 e. The smallest absolute Gasteiger partial charge is 0.575 e. The SMILES string of the molecule is [CH2-]CO[C-]1CC[C@H](NC(=O)c2cc3cc(Cl)ccc3[nH]2)[C@H](N)C1.[U+2]. The molecule has 0 radical (unpaired) electrons. The molecule has 1 heterocycles.